The molecule has 0 aromatic carbocycles. The molecule has 0 aliphatic carbocycles. The van der Waals surface area contributed by atoms with Gasteiger partial charge in [0.15, 0.2) is 0 Å². The molecule has 0 saturated carbocycles. The van der Waals surface area contributed by atoms with Crippen LogP contribution in [0.5, 0.6) is 0 Å². The molecule has 1 fully saturated rings. The Balaban J connectivity index is 2.18. The number of hydrogen-bond acceptors (Lipinski definition) is 3. The maximum absolute atomic E-state index is 9.51. The number of piperidine rings is 1. The number of nitrogens with zero attached hydrogens (tertiary/aromatic N) is 1. The molecule has 0 aromatic heterocycles. The molecule has 108 valence electrons. The van der Waals surface area contributed by atoms with Crippen molar-refractivity contribution < 1.29 is 5.11 Å². The van der Waals surface area contributed by atoms with E-state index in [4.69, 9.17) is 0 Å². The molecule has 1 heterocycles. The van der Waals surface area contributed by atoms with Gasteiger partial charge in [-0.25, -0.2) is 0 Å². The zero-order chi connectivity index (χ0) is 13.4. The molecule has 2 N–H and O–H groups in total. The Labute approximate surface area is 113 Å². The van der Waals surface area contributed by atoms with Crippen molar-refractivity contribution in [1.29, 1.82) is 0 Å². The van der Waals surface area contributed by atoms with Gasteiger partial charge in [0.05, 0.1) is 6.61 Å². The molecule has 1 aliphatic rings. The van der Waals surface area contributed by atoms with Gasteiger partial charge in [-0.1, -0.05) is 13.8 Å². The minimum atomic E-state index is -0.0842. The highest BCUT2D eigenvalue weighted by molar-refractivity contribution is 4.82. The Kier molecular flexibility index (Phi) is 7.20. The van der Waals surface area contributed by atoms with Crippen LogP contribution in [0.3, 0.4) is 0 Å². The van der Waals surface area contributed by atoms with Crippen molar-refractivity contribution in [3.63, 3.8) is 0 Å². The number of likely N-dealkylation sites (tertiary alicyclic amines) is 1. The summed E-state index contributed by atoms with van der Waals surface area (Å²) in [4.78, 5) is 2.58. The van der Waals surface area contributed by atoms with Crippen LogP contribution in [0.1, 0.15) is 52.9 Å². The summed E-state index contributed by atoms with van der Waals surface area (Å²) in [5.74, 6) is 0.912. The lowest BCUT2D eigenvalue weighted by Crippen LogP contribution is -2.46. The fourth-order valence-corrected chi connectivity index (χ4v) is 2.63. The van der Waals surface area contributed by atoms with Crippen LogP contribution >= 0.6 is 0 Å². The van der Waals surface area contributed by atoms with E-state index in [9.17, 15) is 5.11 Å². The lowest BCUT2D eigenvalue weighted by Gasteiger charge is -2.33. The number of rotatable bonds is 8. The van der Waals surface area contributed by atoms with Crippen molar-refractivity contribution in [2.45, 2.75) is 58.4 Å². The van der Waals surface area contributed by atoms with Crippen molar-refractivity contribution in [2.24, 2.45) is 5.92 Å². The van der Waals surface area contributed by atoms with E-state index in [0.29, 0.717) is 0 Å². The van der Waals surface area contributed by atoms with Gasteiger partial charge in [-0.05, 0) is 71.1 Å². The predicted molar refractivity (Wildman–Crippen MR) is 77.9 cm³/mol. The third kappa shape index (κ3) is 5.68. The minimum Gasteiger partial charge on any atom is -0.394 e. The SMILES string of the molecule is CCCNC(C)(CO)CCCN1CCC(C)CC1. The Hall–Kier alpha value is -0.120. The van der Waals surface area contributed by atoms with Gasteiger partial charge < -0.3 is 15.3 Å². The molecule has 0 aromatic rings. The monoisotopic (exact) mass is 256 g/mol. The van der Waals surface area contributed by atoms with Crippen LogP contribution in [0.4, 0.5) is 0 Å². The first-order chi connectivity index (χ1) is 8.59. The van der Waals surface area contributed by atoms with Crippen molar-refractivity contribution in [2.75, 3.05) is 32.8 Å². The Morgan fingerprint density at radius 1 is 1.33 bits per heavy atom. The summed E-state index contributed by atoms with van der Waals surface area (Å²) in [6.45, 7) is 11.6. The third-order valence-corrected chi connectivity index (χ3v) is 4.23. The quantitative estimate of drug-likeness (QED) is 0.699. The molecule has 18 heavy (non-hydrogen) atoms. The maximum atomic E-state index is 9.51. The largest absolute Gasteiger partial charge is 0.394 e. The zero-order valence-electron chi connectivity index (χ0n) is 12.5. The van der Waals surface area contributed by atoms with Gasteiger partial charge in [0, 0.05) is 5.54 Å². The standard InChI is InChI=1S/C15H32N2O/c1-4-9-16-15(3,13-18)8-5-10-17-11-6-14(2)7-12-17/h14,16,18H,4-13H2,1-3H3. The summed E-state index contributed by atoms with van der Waals surface area (Å²) in [6.07, 6.45) is 6.08. The van der Waals surface area contributed by atoms with Gasteiger partial charge in [0.1, 0.15) is 0 Å². The summed E-state index contributed by atoms with van der Waals surface area (Å²) >= 11 is 0. The van der Waals surface area contributed by atoms with Gasteiger partial charge in [-0.2, -0.15) is 0 Å². The Morgan fingerprint density at radius 2 is 2.00 bits per heavy atom. The van der Waals surface area contributed by atoms with Crippen LogP contribution < -0.4 is 5.32 Å². The second-order valence-electron chi connectivity index (χ2n) is 6.27. The number of nitrogens with one attached hydrogen (secondary N) is 1. The Morgan fingerprint density at radius 3 is 2.56 bits per heavy atom. The number of aliphatic hydroxyl groups excluding tert-OH is 1. The third-order valence-electron chi connectivity index (χ3n) is 4.23. The molecular weight excluding hydrogens is 224 g/mol. The topological polar surface area (TPSA) is 35.5 Å². The molecule has 0 bridgehead atoms. The molecule has 1 aliphatic heterocycles. The summed E-state index contributed by atoms with van der Waals surface area (Å²) < 4.78 is 0. The van der Waals surface area contributed by atoms with Crippen LogP contribution in [-0.4, -0.2) is 48.3 Å². The van der Waals surface area contributed by atoms with Crippen LogP contribution in [0.2, 0.25) is 0 Å². The van der Waals surface area contributed by atoms with E-state index >= 15 is 0 Å². The molecular formula is C15H32N2O. The second-order valence-corrected chi connectivity index (χ2v) is 6.27. The van der Waals surface area contributed by atoms with Gasteiger partial charge in [0.2, 0.25) is 0 Å². The van der Waals surface area contributed by atoms with Gasteiger partial charge in [0.25, 0.3) is 0 Å². The van der Waals surface area contributed by atoms with Gasteiger partial charge in [-0.3, -0.25) is 0 Å². The molecule has 0 spiro atoms. The van der Waals surface area contributed by atoms with Crippen LogP contribution in [0, 0.1) is 5.92 Å². The van der Waals surface area contributed by atoms with E-state index in [1.54, 1.807) is 0 Å². The van der Waals surface area contributed by atoms with Gasteiger partial charge >= 0.3 is 0 Å². The first-order valence-electron chi connectivity index (χ1n) is 7.68. The smallest absolute Gasteiger partial charge is 0.0610 e. The van der Waals surface area contributed by atoms with E-state index in [-0.39, 0.29) is 12.1 Å². The summed E-state index contributed by atoms with van der Waals surface area (Å²) in [5.41, 5.74) is -0.0842. The van der Waals surface area contributed by atoms with Crippen molar-refractivity contribution >= 4 is 0 Å². The number of hydrogen-bond donors (Lipinski definition) is 2. The van der Waals surface area contributed by atoms with Gasteiger partial charge in [-0.15, -0.1) is 0 Å². The molecule has 1 saturated heterocycles. The van der Waals surface area contributed by atoms with Crippen molar-refractivity contribution in [3.8, 4) is 0 Å². The number of aliphatic hydroxyl groups is 1. The fraction of sp³-hybridized carbons (Fsp3) is 1.00. The van der Waals surface area contributed by atoms with Crippen molar-refractivity contribution in [3.05, 3.63) is 0 Å². The average Bonchev–Trinajstić information content (AvgIpc) is 2.39. The predicted octanol–water partition coefficient (Wildman–Crippen LogP) is 2.25. The summed E-state index contributed by atoms with van der Waals surface area (Å²) in [7, 11) is 0. The molecule has 0 radical (unpaired) electrons. The minimum absolute atomic E-state index is 0.0842. The fourth-order valence-electron chi connectivity index (χ4n) is 2.63. The van der Waals surface area contributed by atoms with Crippen LogP contribution in [0.15, 0.2) is 0 Å². The second kappa shape index (κ2) is 8.13. The zero-order valence-corrected chi connectivity index (χ0v) is 12.5. The van der Waals surface area contributed by atoms with E-state index in [1.807, 2.05) is 0 Å². The van der Waals surface area contributed by atoms with E-state index in [1.165, 1.54) is 38.9 Å². The maximum Gasteiger partial charge on any atom is 0.0610 e. The Bertz CT molecular complexity index is 215. The highest BCUT2D eigenvalue weighted by atomic mass is 16.3. The molecule has 1 rings (SSSR count). The lowest BCUT2D eigenvalue weighted by molar-refractivity contribution is 0.147. The van der Waals surface area contributed by atoms with E-state index in [0.717, 1.165) is 25.3 Å². The van der Waals surface area contributed by atoms with E-state index < -0.39 is 0 Å². The highest BCUT2D eigenvalue weighted by Crippen LogP contribution is 2.18. The van der Waals surface area contributed by atoms with Crippen molar-refractivity contribution in [1.82, 2.24) is 10.2 Å². The van der Waals surface area contributed by atoms with E-state index in [2.05, 4.69) is 31.0 Å². The molecule has 1 unspecified atom stereocenters. The molecule has 3 nitrogen and oxygen atoms in total. The molecule has 0 amide bonds. The summed E-state index contributed by atoms with van der Waals surface area (Å²) in [5, 5.41) is 13.0. The normalized spacial score (nSPS) is 22.0. The average molecular weight is 256 g/mol. The molecule has 3 heteroatoms. The van der Waals surface area contributed by atoms with Crippen LogP contribution in [-0.2, 0) is 0 Å². The first-order valence-corrected chi connectivity index (χ1v) is 7.68. The van der Waals surface area contributed by atoms with Crippen LogP contribution in [0.25, 0.3) is 0 Å². The highest BCUT2D eigenvalue weighted by Gasteiger charge is 2.22. The summed E-state index contributed by atoms with van der Waals surface area (Å²) in [6, 6.07) is 0. The lowest BCUT2D eigenvalue weighted by atomic mass is 9.95. The molecule has 1 atom stereocenters. The first kappa shape index (κ1) is 15.9.